The van der Waals surface area contributed by atoms with Gasteiger partial charge in [0.1, 0.15) is 11.4 Å². The van der Waals surface area contributed by atoms with Crippen molar-refractivity contribution in [1.82, 2.24) is 0 Å². The summed E-state index contributed by atoms with van der Waals surface area (Å²) in [5.41, 5.74) is -0.857. The Balaban J connectivity index is 1.82. The zero-order valence-corrected chi connectivity index (χ0v) is 9.86. The summed E-state index contributed by atoms with van der Waals surface area (Å²) in [5.74, 6) is -0.300. The Morgan fingerprint density at radius 1 is 1.17 bits per heavy atom. The van der Waals surface area contributed by atoms with Crippen LogP contribution < -0.4 is 0 Å². The van der Waals surface area contributed by atoms with Crippen molar-refractivity contribution in [2.75, 3.05) is 0 Å². The average molecular weight is 245 g/mol. The van der Waals surface area contributed by atoms with Crippen LogP contribution in [0.2, 0.25) is 0 Å². The second kappa shape index (κ2) is 3.12. The van der Waals surface area contributed by atoms with E-state index in [-0.39, 0.29) is 29.5 Å². The largest absolute Gasteiger partial charge is 0.411 e. The molecule has 0 aromatic heterocycles. The van der Waals surface area contributed by atoms with E-state index in [9.17, 15) is 15.1 Å². The molecule has 4 rings (SSSR count). The Kier molecular flexibility index (Phi) is 1.82. The van der Waals surface area contributed by atoms with Crippen LogP contribution in [0.25, 0.3) is 0 Å². The number of aliphatic hydroxyl groups is 1. The molecule has 0 unspecified atom stereocenters. The van der Waals surface area contributed by atoms with Gasteiger partial charge in [-0.2, -0.15) is 0 Å². The van der Waals surface area contributed by atoms with Crippen molar-refractivity contribution >= 4 is 11.5 Å². The standard InChI is InChI=1S/C14H15NO3/c16-12-8-2-1-7(5-8)11(12)14(17)10-4-3-9(6-10)13(14)15-18/h1-4,7-11,17-18H,5-6H2/b15-13-/t7-,8-,9-,10-,11+,14+/m0/s1. The molecule has 0 spiro atoms. The smallest absolute Gasteiger partial charge is 0.146 e. The van der Waals surface area contributed by atoms with Crippen molar-refractivity contribution in [1.29, 1.82) is 0 Å². The van der Waals surface area contributed by atoms with Crippen molar-refractivity contribution in [2.45, 2.75) is 18.4 Å². The van der Waals surface area contributed by atoms with Gasteiger partial charge < -0.3 is 10.3 Å². The molecule has 94 valence electrons. The molecule has 4 bridgehead atoms. The number of ketones is 1. The maximum atomic E-state index is 12.3. The Bertz CT molecular complexity index is 521. The van der Waals surface area contributed by atoms with E-state index in [0.29, 0.717) is 5.71 Å². The van der Waals surface area contributed by atoms with E-state index < -0.39 is 11.5 Å². The fourth-order valence-electron chi connectivity index (χ4n) is 4.43. The molecule has 18 heavy (non-hydrogen) atoms. The lowest BCUT2D eigenvalue weighted by Crippen LogP contribution is -2.53. The molecule has 2 N–H and O–H groups in total. The number of carbonyl (C=O) groups is 1. The zero-order chi connectivity index (χ0) is 12.5. The molecule has 0 aromatic rings. The Morgan fingerprint density at radius 2 is 1.94 bits per heavy atom. The van der Waals surface area contributed by atoms with Crippen molar-refractivity contribution in [3.05, 3.63) is 24.3 Å². The molecule has 4 nitrogen and oxygen atoms in total. The maximum Gasteiger partial charge on any atom is 0.146 e. The van der Waals surface area contributed by atoms with Gasteiger partial charge in [-0.3, -0.25) is 4.79 Å². The van der Waals surface area contributed by atoms with Crippen LogP contribution in [0.3, 0.4) is 0 Å². The topological polar surface area (TPSA) is 69.9 Å². The van der Waals surface area contributed by atoms with Gasteiger partial charge in [0.05, 0.1) is 11.6 Å². The molecular formula is C14H15NO3. The number of hydrogen-bond donors (Lipinski definition) is 2. The minimum absolute atomic E-state index is 0.000839. The summed E-state index contributed by atoms with van der Waals surface area (Å²) in [6.45, 7) is 0. The highest BCUT2D eigenvalue weighted by molar-refractivity contribution is 6.05. The van der Waals surface area contributed by atoms with Gasteiger partial charge in [0.2, 0.25) is 0 Å². The van der Waals surface area contributed by atoms with Crippen LogP contribution in [0.1, 0.15) is 12.8 Å². The van der Waals surface area contributed by atoms with Gasteiger partial charge >= 0.3 is 0 Å². The molecule has 0 amide bonds. The molecule has 4 aliphatic rings. The third kappa shape index (κ3) is 0.973. The fraction of sp³-hybridized carbons (Fsp3) is 0.571. The summed E-state index contributed by atoms with van der Waals surface area (Å²) in [6.07, 6.45) is 9.52. The highest BCUT2D eigenvalue weighted by atomic mass is 16.4. The average Bonchev–Trinajstić information content (AvgIpc) is 3.06. The normalized spacial score (nSPS) is 54.2. The van der Waals surface area contributed by atoms with Crippen molar-refractivity contribution in [3.8, 4) is 0 Å². The van der Waals surface area contributed by atoms with Crippen LogP contribution in [0, 0.1) is 29.6 Å². The monoisotopic (exact) mass is 245 g/mol. The van der Waals surface area contributed by atoms with Crippen LogP contribution in [-0.4, -0.2) is 27.4 Å². The van der Waals surface area contributed by atoms with E-state index in [0.717, 1.165) is 12.8 Å². The van der Waals surface area contributed by atoms with Gasteiger partial charge in [0.25, 0.3) is 0 Å². The van der Waals surface area contributed by atoms with Crippen LogP contribution >= 0.6 is 0 Å². The van der Waals surface area contributed by atoms with Gasteiger partial charge in [-0.1, -0.05) is 29.5 Å². The highest BCUT2D eigenvalue weighted by Gasteiger charge is 2.64. The first-order valence-corrected chi connectivity index (χ1v) is 6.51. The maximum absolute atomic E-state index is 12.3. The van der Waals surface area contributed by atoms with Gasteiger partial charge in [-0.15, -0.1) is 0 Å². The molecule has 0 aliphatic heterocycles. The summed E-state index contributed by atoms with van der Waals surface area (Å²) in [7, 11) is 0. The molecule has 0 radical (unpaired) electrons. The summed E-state index contributed by atoms with van der Waals surface area (Å²) in [6, 6.07) is 0. The zero-order valence-electron chi connectivity index (χ0n) is 9.86. The van der Waals surface area contributed by atoms with E-state index in [4.69, 9.17) is 0 Å². The van der Waals surface area contributed by atoms with Gasteiger partial charge in [0, 0.05) is 17.8 Å². The van der Waals surface area contributed by atoms with Crippen molar-refractivity contribution < 1.29 is 15.1 Å². The fourth-order valence-corrected chi connectivity index (χ4v) is 4.43. The number of nitrogens with zero attached hydrogens (tertiary/aromatic N) is 1. The van der Waals surface area contributed by atoms with Crippen LogP contribution in [0.5, 0.6) is 0 Å². The van der Waals surface area contributed by atoms with Gasteiger partial charge in [-0.05, 0) is 18.8 Å². The first-order valence-electron chi connectivity index (χ1n) is 6.51. The lowest BCUT2D eigenvalue weighted by Gasteiger charge is -2.38. The molecule has 6 atom stereocenters. The number of rotatable bonds is 1. The van der Waals surface area contributed by atoms with Crippen molar-refractivity contribution in [3.63, 3.8) is 0 Å². The lowest BCUT2D eigenvalue weighted by molar-refractivity contribution is -0.130. The number of oxime groups is 1. The second-order valence-corrected chi connectivity index (χ2v) is 5.92. The lowest BCUT2D eigenvalue weighted by atomic mass is 9.70. The summed E-state index contributed by atoms with van der Waals surface area (Å²) < 4.78 is 0. The number of Topliss-reactive ketones (excluding diaryl/α,β-unsaturated/α-hetero) is 1. The third-order valence-corrected chi connectivity index (χ3v) is 5.21. The van der Waals surface area contributed by atoms with E-state index in [1.54, 1.807) is 0 Å². The highest BCUT2D eigenvalue weighted by Crippen LogP contribution is 2.55. The SMILES string of the molecule is O=C1[C@H]2C=C[C@@H](C2)[C@H]1[C@@]1(O)/C(=N\O)[C@H]2C=C[C@H]1C2. The minimum atomic E-state index is -1.25. The number of fused-ring (bicyclic) bond motifs is 4. The second-order valence-electron chi connectivity index (χ2n) is 5.92. The molecule has 2 fully saturated rings. The Hall–Kier alpha value is -1.42. The molecule has 4 aliphatic carbocycles. The van der Waals surface area contributed by atoms with Crippen LogP contribution in [0.4, 0.5) is 0 Å². The van der Waals surface area contributed by atoms with E-state index in [2.05, 4.69) is 5.16 Å². The molecule has 4 heteroatoms. The summed E-state index contributed by atoms with van der Waals surface area (Å²) in [4.78, 5) is 12.3. The predicted molar refractivity (Wildman–Crippen MR) is 64.1 cm³/mol. The predicted octanol–water partition coefficient (Wildman–Crippen LogP) is 1.14. The van der Waals surface area contributed by atoms with Gasteiger partial charge in [-0.25, -0.2) is 0 Å². The van der Waals surface area contributed by atoms with Gasteiger partial charge in [0.15, 0.2) is 0 Å². The van der Waals surface area contributed by atoms with Crippen LogP contribution in [-0.2, 0) is 4.79 Å². The van der Waals surface area contributed by atoms with E-state index >= 15 is 0 Å². The number of hydrogen-bond acceptors (Lipinski definition) is 4. The minimum Gasteiger partial charge on any atom is -0.411 e. The third-order valence-electron chi connectivity index (χ3n) is 5.21. The quantitative estimate of drug-likeness (QED) is 0.413. The first kappa shape index (κ1) is 10.5. The Labute approximate surface area is 105 Å². The molecule has 0 aromatic carbocycles. The number of carbonyl (C=O) groups excluding carboxylic acids is 1. The molecular weight excluding hydrogens is 230 g/mol. The Morgan fingerprint density at radius 3 is 2.61 bits per heavy atom. The number of allylic oxidation sites excluding steroid dienone is 3. The summed E-state index contributed by atoms with van der Waals surface area (Å²) in [5, 5.41) is 23.6. The van der Waals surface area contributed by atoms with E-state index in [1.807, 2.05) is 24.3 Å². The van der Waals surface area contributed by atoms with E-state index in [1.165, 1.54) is 0 Å². The molecule has 2 saturated carbocycles. The first-order chi connectivity index (χ1) is 8.66. The van der Waals surface area contributed by atoms with Crippen molar-refractivity contribution in [2.24, 2.45) is 34.7 Å². The molecule has 0 heterocycles. The summed E-state index contributed by atoms with van der Waals surface area (Å²) >= 11 is 0. The molecule has 0 saturated heterocycles. The van der Waals surface area contributed by atoms with Crippen LogP contribution in [0.15, 0.2) is 29.5 Å².